The van der Waals surface area contributed by atoms with E-state index in [1.54, 1.807) is 31.3 Å². The number of halogens is 1. The number of rotatable bonds is 6. The first-order valence-corrected chi connectivity index (χ1v) is 9.08. The van der Waals surface area contributed by atoms with E-state index in [0.29, 0.717) is 22.6 Å². The number of sulfonamides is 1. The number of nitrogens with one attached hydrogen (secondary N) is 1. The first-order valence-electron chi connectivity index (χ1n) is 6.81. The lowest BCUT2D eigenvalue weighted by Gasteiger charge is -2.12. The van der Waals surface area contributed by atoms with E-state index < -0.39 is 10.0 Å². The molecule has 0 bridgehead atoms. The highest BCUT2D eigenvalue weighted by Crippen LogP contribution is 2.29. The third kappa shape index (κ3) is 3.98. The normalized spacial score (nSPS) is 11.2. The molecule has 2 aromatic rings. The molecule has 5 nitrogen and oxygen atoms in total. The first-order chi connectivity index (χ1) is 10.4. The fraction of sp³-hybridized carbons (Fsp3) is 0.267. The standard InChI is InChI=1S/C15H17BrN2O3S/c1-3-9-21-14-10-12(6-7-13(14)16)22(19,20)18-15-11(2)5-4-8-17-15/h4-8,10H,3,9H2,1-2H3,(H,17,18). The quantitative estimate of drug-likeness (QED) is 0.823. The first kappa shape index (κ1) is 16.8. The fourth-order valence-corrected chi connectivity index (χ4v) is 3.21. The van der Waals surface area contributed by atoms with Crippen molar-refractivity contribution in [2.45, 2.75) is 25.2 Å². The highest BCUT2D eigenvalue weighted by atomic mass is 79.9. The van der Waals surface area contributed by atoms with Gasteiger partial charge in [0.25, 0.3) is 10.0 Å². The van der Waals surface area contributed by atoms with Gasteiger partial charge in [0.1, 0.15) is 11.6 Å². The third-order valence-corrected chi connectivity index (χ3v) is 4.91. The molecule has 1 N–H and O–H groups in total. The predicted octanol–water partition coefficient (Wildman–Crippen LogP) is 3.74. The van der Waals surface area contributed by atoms with Crippen LogP contribution in [0.2, 0.25) is 0 Å². The van der Waals surface area contributed by atoms with Crippen molar-refractivity contribution in [3.63, 3.8) is 0 Å². The molecule has 2 rings (SSSR count). The zero-order chi connectivity index (χ0) is 16.2. The maximum absolute atomic E-state index is 12.5. The SMILES string of the molecule is CCCOc1cc(S(=O)(=O)Nc2ncccc2C)ccc1Br. The van der Waals surface area contributed by atoms with Gasteiger partial charge < -0.3 is 4.74 Å². The van der Waals surface area contributed by atoms with E-state index in [1.165, 1.54) is 12.1 Å². The number of hydrogen-bond donors (Lipinski definition) is 1. The Bertz CT molecular complexity index is 763. The van der Waals surface area contributed by atoms with Gasteiger partial charge in [-0.3, -0.25) is 4.72 Å². The van der Waals surface area contributed by atoms with E-state index in [1.807, 2.05) is 6.92 Å². The summed E-state index contributed by atoms with van der Waals surface area (Å²) in [5.74, 6) is 0.823. The van der Waals surface area contributed by atoms with Crippen LogP contribution in [0, 0.1) is 6.92 Å². The smallest absolute Gasteiger partial charge is 0.263 e. The van der Waals surface area contributed by atoms with Crippen LogP contribution in [0.1, 0.15) is 18.9 Å². The monoisotopic (exact) mass is 384 g/mol. The largest absolute Gasteiger partial charge is 0.492 e. The molecule has 0 atom stereocenters. The number of aryl methyl sites for hydroxylation is 1. The highest BCUT2D eigenvalue weighted by Gasteiger charge is 2.18. The maximum Gasteiger partial charge on any atom is 0.263 e. The Labute approximate surface area is 138 Å². The molecule has 0 spiro atoms. The van der Waals surface area contributed by atoms with Crippen molar-refractivity contribution >= 4 is 31.8 Å². The molecule has 0 amide bonds. The number of nitrogens with zero attached hydrogens (tertiary/aromatic N) is 1. The predicted molar refractivity (Wildman–Crippen MR) is 89.7 cm³/mol. The van der Waals surface area contributed by atoms with Crippen molar-refractivity contribution in [1.29, 1.82) is 0 Å². The Balaban J connectivity index is 2.31. The summed E-state index contributed by atoms with van der Waals surface area (Å²) in [6, 6.07) is 8.22. The lowest BCUT2D eigenvalue weighted by atomic mass is 10.3. The minimum Gasteiger partial charge on any atom is -0.492 e. The molecule has 0 unspecified atom stereocenters. The molecular weight excluding hydrogens is 368 g/mol. The number of aromatic nitrogens is 1. The van der Waals surface area contributed by atoms with Gasteiger partial charge in [0, 0.05) is 12.3 Å². The van der Waals surface area contributed by atoms with Crippen LogP contribution in [0.4, 0.5) is 5.82 Å². The van der Waals surface area contributed by atoms with Crippen molar-refractivity contribution in [1.82, 2.24) is 4.98 Å². The van der Waals surface area contributed by atoms with Gasteiger partial charge in [-0.1, -0.05) is 13.0 Å². The molecule has 0 aliphatic heterocycles. The lowest BCUT2D eigenvalue weighted by Crippen LogP contribution is -2.15. The zero-order valence-electron chi connectivity index (χ0n) is 12.3. The van der Waals surface area contributed by atoms with Crippen LogP contribution < -0.4 is 9.46 Å². The summed E-state index contributed by atoms with van der Waals surface area (Å²) in [4.78, 5) is 4.18. The molecule has 0 fully saturated rings. The molecule has 0 aliphatic rings. The Morgan fingerprint density at radius 3 is 2.77 bits per heavy atom. The summed E-state index contributed by atoms with van der Waals surface area (Å²) in [5, 5.41) is 0. The van der Waals surface area contributed by atoms with Crippen LogP contribution in [0.15, 0.2) is 45.9 Å². The second-order valence-electron chi connectivity index (χ2n) is 4.72. The Morgan fingerprint density at radius 1 is 1.32 bits per heavy atom. The van der Waals surface area contributed by atoms with E-state index in [0.717, 1.165) is 12.0 Å². The van der Waals surface area contributed by atoms with Crippen molar-refractivity contribution < 1.29 is 13.2 Å². The summed E-state index contributed by atoms with van der Waals surface area (Å²) >= 11 is 3.35. The summed E-state index contributed by atoms with van der Waals surface area (Å²) in [6.07, 6.45) is 2.39. The topological polar surface area (TPSA) is 68.3 Å². The van der Waals surface area contributed by atoms with Crippen molar-refractivity contribution in [3.05, 3.63) is 46.6 Å². The van der Waals surface area contributed by atoms with E-state index in [2.05, 4.69) is 25.6 Å². The van der Waals surface area contributed by atoms with Gasteiger partial charge in [0.15, 0.2) is 0 Å². The Morgan fingerprint density at radius 2 is 2.09 bits per heavy atom. The molecule has 1 heterocycles. The molecule has 0 saturated heterocycles. The molecule has 1 aromatic carbocycles. The van der Waals surface area contributed by atoms with Crippen LogP contribution in [0.5, 0.6) is 5.75 Å². The van der Waals surface area contributed by atoms with Gasteiger partial charge in [-0.15, -0.1) is 0 Å². The molecule has 22 heavy (non-hydrogen) atoms. The van der Waals surface area contributed by atoms with Crippen molar-refractivity contribution in [2.24, 2.45) is 0 Å². The average molecular weight is 385 g/mol. The number of pyridine rings is 1. The molecule has 118 valence electrons. The molecular formula is C15H17BrN2O3S. The molecule has 0 radical (unpaired) electrons. The minimum absolute atomic E-state index is 0.131. The summed E-state index contributed by atoms with van der Waals surface area (Å²) in [6.45, 7) is 4.30. The van der Waals surface area contributed by atoms with Gasteiger partial charge in [-0.2, -0.15) is 0 Å². The Kier molecular flexibility index (Phi) is 5.42. The number of ether oxygens (including phenoxy) is 1. The van der Waals surface area contributed by atoms with Crippen LogP contribution in [0.3, 0.4) is 0 Å². The maximum atomic E-state index is 12.5. The van der Waals surface area contributed by atoms with Crippen LogP contribution in [-0.4, -0.2) is 20.0 Å². The lowest BCUT2D eigenvalue weighted by molar-refractivity contribution is 0.314. The summed E-state index contributed by atoms with van der Waals surface area (Å²) in [5.41, 5.74) is 0.755. The second-order valence-corrected chi connectivity index (χ2v) is 7.25. The second kappa shape index (κ2) is 7.11. The van der Waals surface area contributed by atoms with E-state index in [4.69, 9.17) is 4.74 Å². The van der Waals surface area contributed by atoms with Gasteiger partial charge >= 0.3 is 0 Å². The molecule has 7 heteroatoms. The average Bonchev–Trinajstić information content (AvgIpc) is 2.48. The third-order valence-electron chi connectivity index (χ3n) is 2.92. The highest BCUT2D eigenvalue weighted by molar-refractivity contribution is 9.10. The molecule has 0 saturated carbocycles. The van der Waals surface area contributed by atoms with Gasteiger partial charge in [0.2, 0.25) is 0 Å². The fourth-order valence-electron chi connectivity index (χ4n) is 1.75. The van der Waals surface area contributed by atoms with Crippen LogP contribution >= 0.6 is 15.9 Å². The van der Waals surface area contributed by atoms with Crippen molar-refractivity contribution in [2.75, 3.05) is 11.3 Å². The number of hydrogen-bond acceptors (Lipinski definition) is 4. The number of anilines is 1. The minimum atomic E-state index is -3.71. The van der Waals surface area contributed by atoms with E-state index in [-0.39, 0.29) is 4.90 Å². The van der Waals surface area contributed by atoms with Crippen LogP contribution in [-0.2, 0) is 10.0 Å². The van der Waals surface area contributed by atoms with Crippen molar-refractivity contribution in [3.8, 4) is 5.75 Å². The molecule has 0 aliphatic carbocycles. The van der Waals surface area contributed by atoms with E-state index >= 15 is 0 Å². The van der Waals surface area contributed by atoms with Gasteiger partial charge in [-0.25, -0.2) is 13.4 Å². The van der Waals surface area contributed by atoms with Gasteiger partial charge in [-0.05, 0) is 53.0 Å². The molecule has 1 aromatic heterocycles. The van der Waals surface area contributed by atoms with Gasteiger partial charge in [0.05, 0.1) is 16.0 Å². The van der Waals surface area contributed by atoms with E-state index in [9.17, 15) is 8.42 Å². The summed E-state index contributed by atoms with van der Waals surface area (Å²) in [7, 11) is -3.71. The Hall–Kier alpha value is -1.60. The summed E-state index contributed by atoms with van der Waals surface area (Å²) < 4.78 is 33.7. The van der Waals surface area contributed by atoms with Crippen LogP contribution in [0.25, 0.3) is 0 Å². The zero-order valence-corrected chi connectivity index (χ0v) is 14.7. The number of benzene rings is 1.